The predicted molar refractivity (Wildman–Crippen MR) is 108 cm³/mol. The Morgan fingerprint density at radius 2 is 0.920 bits per heavy atom. The molecule has 0 heterocycles. The highest BCUT2D eigenvalue weighted by Crippen LogP contribution is 2.34. The lowest BCUT2D eigenvalue weighted by Crippen LogP contribution is -1.89. The number of rotatable bonds is 3. The van der Waals surface area contributed by atoms with Crippen LogP contribution >= 0.6 is 0 Å². The van der Waals surface area contributed by atoms with Gasteiger partial charge in [-0.1, -0.05) is 109 Å². The van der Waals surface area contributed by atoms with Crippen LogP contribution in [-0.2, 0) is 0 Å². The van der Waals surface area contributed by atoms with Gasteiger partial charge in [-0.15, -0.1) is 0 Å². The first-order chi connectivity index (χ1) is 12.4. The lowest BCUT2D eigenvalue weighted by Gasteiger charge is -2.11. The first kappa shape index (κ1) is 15.4. The zero-order valence-corrected chi connectivity index (χ0v) is 14.1. The summed E-state index contributed by atoms with van der Waals surface area (Å²) in [5.41, 5.74) is 7.78. The van der Waals surface area contributed by atoms with Gasteiger partial charge in [0, 0.05) is 0 Å². The minimum Gasteiger partial charge on any atom is -0.0622 e. The second kappa shape index (κ2) is 7.19. The average molecular weight is 320 g/mol. The van der Waals surface area contributed by atoms with Gasteiger partial charge >= 0.3 is 0 Å². The summed E-state index contributed by atoms with van der Waals surface area (Å²) in [7, 11) is 0. The fourth-order valence-electron chi connectivity index (χ4n) is 3.24. The van der Waals surface area contributed by atoms with Crippen LogP contribution in [0.4, 0.5) is 0 Å². The van der Waals surface area contributed by atoms with E-state index in [0.717, 1.165) is 6.42 Å². The maximum absolute atomic E-state index is 2.33. The van der Waals surface area contributed by atoms with E-state index in [1.807, 2.05) is 0 Å². The molecule has 3 aromatic rings. The third-order valence-electron chi connectivity index (χ3n) is 4.57. The zero-order chi connectivity index (χ0) is 16.9. The molecule has 25 heavy (non-hydrogen) atoms. The molecule has 0 atom stereocenters. The van der Waals surface area contributed by atoms with Gasteiger partial charge in [-0.2, -0.15) is 0 Å². The van der Waals surface area contributed by atoms with E-state index in [9.17, 15) is 0 Å². The first-order valence-corrected chi connectivity index (χ1v) is 8.68. The molecule has 1 aliphatic rings. The van der Waals surface area contributed by atoms with E-state index < -0.39 is 0 Å². The lowest BCUT2D eigenvalue weighted by molar-refractivity contribution is 1.39. The van der Waals surface area contributed by atoms with Crippen molar-refractivity contribution in [3.63, 3.8) is 0 Å². The molecule has 4 rings (SSSR count). The quantitative estimate of drug-likeness (QED) is 0.507. The van der Waals surface area contributed by atoms with E-state index in [0.29, 0.717) is 0 Å². The van der Waals surface area contributed by atoms with Crippen molar-refractivity contribution >= 4 is 16.7 Å². The number of allylic oxidation sites excluding steroid dienone is 6. The van der Waals surface area contributed by atoms with Gasteiger partial charge in [-0.3, -0.25) is 0 Å². The monoisotopic (exact) mass is 320 g/mol. The van der Waals surface area contributed by atoms with Crippen LogP contribution in [0.2, 0.25) is 0 Å². The van der Waals surface area contributed by atoms with Gasteiger partial charge in [-0.05, 0) is 39.8 Å². The Bertz CT molecular complexity index is 927. The highest BCUT2D eigenvalue weighted by molar-refractivity contribution is 5.92. The van der Waals surface area contributed by atoms with Crippen LogP contribution in [0.3, 0.4) is 0 Å². The highest BCUT2D eigenvalue weighted by Gasteiger charge is 2.11. The van der Waals surface area contributed by atoms with Crippen molar-refractivity contribution < 1.29 is 0 Å². The van der Waals surface area contributed by atoms with E-state index >= 15 is 0 Å². The van der Waals surface area contributed by atoms with Gasteiger partial charge in [0.15, 0.2) is 0 Å². The van der Waals surface area contributed by atoms with Crippen LogP contribution in [0.1, 0.15) is 23.1 Å². The molecule has 0 fully saturated rings. The average Bonchev–Trinajstić information content (AvgIpc) is 2.93. The third kappa shape index (κ3) is 3.54. The highest BCUT2D eigenvalue weighted by atomic mass is 14.2. The molecular weight excluding hydrogens is 300 g/mol. The van der Waals surface area contributed by atoms with Gasteiger partial charge in [0.25, 0.3) is 0 Å². The smallest absolute Gasteiger partial charge is 0.00137 e. The summed E-state index contributed by atoms with van der Waals surface area (Å²) >= 11 is 0. The summed E-state index contributed by atoms with van der Waals surface area (Å²) < 4.78 is 0. The second-order valence-corrected chi connectivity index (χ2v) is 6.26. The molecule has 0 saturated heterocycles. The van der Waals surface area contributed by atoms with Crippen molar-refractivity contribution in [2.75, 3.05) is 0 Å². The summed E-state index contributed by atoms with van der Waals surface area (Å²) in [5, 5.41) is 0. The van der Waals surface area contributed by atoms with Crippen LogP contribution in [0.15, 0.2) is 109 Å². The number of hydrogen-bond donors (Lipinski definition) is 0. The Labute approximate surface area is 149 Å². The molecular formula is C25H20. The SMILES string of the molecule is C1=C(c2ccccc2)C=C(c2ccccc2)CC(c2ccccc2)=C1. The summed E-state index contributed by atoms with van der Waals surface area (Å²) in [5.74, 6) is 0. The third-order valence-corrected chi connectivity index (χ3v) is 4.57. The van der Waals surface area contributed by atoms with Crippen LogP contribution in [-0.4, -0.2) is 0 Å². The maximum Gasteiger partial charge on any atom is -0.00137 e. The zero-order valence-electron chi connectivity index (χ0n) is 14.1. The minimum absolute atomic E-state index is 0.931. The van der Waals surface area contributed by atoms with Crippen molar-refractivity contribution in [2.45, 2.75) is 6.42 Å². The fourth-order valence-corrected chi connectivity index (χ4v) is 3.24. The van der Waals surface area contributed by atoms with Crippen molar-refractivity contribution in [2.24, 2.45) is 0 Å². The van der Waals surface area contributed by atoms with Gasteiger partial charge in [0.1, 0.15) is 0 Å². The van der Waals surface area contributed by atoms with E-state index in [1.54, 1.807) is 0 Å². The van der Waals surface area contributed by atoms with Crippen LogP contribution < -0.4 is 0 Å². The summed E-state index contributed by atoms with van der Waals surface area (Å²) in [6.45, 7) is 0. The molecule has 0 radical (unpaired) electrons. The number of hydrogen-bond acceptors (Lipinski definition) is 0. The molecule has 0 heteroatoms. The Hall–Kier alpha value is -3.12. The van der Waals surface area contributed by atoms with E-state index in [1.165, 1.54) is 33.4 Å². The summed E-state index contributed by atoms with van der Waals surface area (Å²) in [6.07, 6.45) is 7.77. The molecule has 0 saturated carbocycles. The summed E-state index contributed by atoms with van der Waals surface area (Å²) in [6, 6.07) is 31.9. The maximum atomic E-state index is 2.33. The standard InChI is InChI=1S/C25H20/c1-4-10-20(11-5-1)23-16-17-24(21-12-6-2-7-13-21)19-25(18-23)22-14-8-3-9-15-22/h1-18H,19H2. The molecule has 0 amide bonds. The first-order valence-electron chi connectivity index (χ1n) is 8.68. The van der Waals surface area contributed by atoms with Crippen molar-refractivity contribution in [1.82, 2.24) is 0 Å². The Morgan fingerprint density at radius 1 is 0.440 bits per heavy atom. The number of benzene rings is 3. The van der Waals surface area contributed by atoms with Crippen LogP contribution in [0, 0.1) is 0 Å². The molecule has 120 valence electrons. The Morgan fingerprint density at radius 3 is 1.48 bits per heavy atom. The van der Waals surface area contributed by atoms with Crippen molar-refractivity contribution in [3.8, 4) is 0 Å². The normalized spacial score (nSPS) is 14.2. The Balaban J connectivity index is 1.82. The lowest BCUT2D eigenvalue weighted by atomic mass is 9.93. The molecule has 0 aromatic heterocycles. The van der Waals surface area contributed by atoms with Gasteiger partial charge in [0.05, 0.1) is 0 Å². The van der Waals surface area contributed by atoms with Gasteiger partial charge in [-0.25, -0.2) is 0 Å². The van der Waals surface area contributed by atoms with Crippen molar-refractivity contribution in [1.29, 1.82) is 0 Å². The second-order valence-electron chi connectivity index (χ2n) is 6.26. The topological polar surface area (TPSA) is 0 Å². The molecule has 0 nitrogen and oxygen atoms in total. The molecule has 0 bridgehead atoms. The molecule has 1 aliphatic carbocycles. The van der Waals surface area contributed by atoms with E-state index in [-0.39, 0.29) is 0 Å². The van der Waals surface area contributed by atoms with Crippen LogP contribution in [0.5, 0.6) is 0 Å². The molecule has 0 N–H and O–H groups in total. The van der Waals surface area contributed by atoms with Gasteiger partial charge in [0.2, 0.25) is 0 Å². The molecule has 0 aliphatic heterocycles. The largest absolute Gasteiger partial charge is 0.0622 e. The van der Waals surface area contributed by atoms with E-state index in [2.05, 4.69) is 109 Å². The summed E-state index contributed by atoms with van der Waals surface area (Å²) in [4.78, 5) is 0. The molecule has 0 unspecified atom stereocenters. The predicted octanol–water partition coefficient (Wildman–Crippen LogP) is 6.64. The van der Waals surface area contributed by atoms with Crippen molar-refractivity contribution in [3.05, 3.63) is 126 Å². The minimum atomic E-state index is 0.931. The van der Waals surface area contributed by atoms with Crippen LogP contribution in [0.25, 0.3) is 16.7 Å². The fraction of sp³-hybridized carbons (Fsp3) is 0.0400. The molecule has 0 spiro atoms. The van der Waals surface area contributed by atoms with E-state index in [4.69, 9.17) is 0 Å². The van der Waals surface area contributed by atoms with Gasteiger partial charge < -0.3 is 0 Å². The Kier molecular flexibility index (Phi) is 4.43. The molecule has 3 aromatic carbocycles.